The van der Waals surface area contributed by atoms with Crippen molar-refractivity contribution in [2.75, 3.05) is 21.3 Å². The van der Waals surface area contributed by atoms with E-state index in [0.29, 0.717) is 19.3 Å². The molecule has 0 N–H and O–H groups in total. The van der Waals surface area contributed by atoms with Crippen molar-refractivity contribution in [1.82, 2.24) is 0 Å². The summed E-state index contributed by atoms with van der Waals surface area (Å²) in [5.74, 6) is 0. The van der Waals surface area contributed by atoms with Crippen LogP contribution in [0.2, 0.25) is 0 Å². The fourth-order valence-corrected chi connectivity index (χ4v) is 4.01. The van der Waals surface area contributed by atoms with Crippen LogP contribution in [0.25, 0.3) is 0 Å². The van der Waals surface area contributed by atoms with Gasteiger partial charge in [0.1, 0.15) is 0 Å². The molecule has 3 atom stereocenters. The largest absolute Gasteiger partial charge is 0.534 e. The Kier molecular flexibility index (Phi) is 11.2. The Balaban J connectivity index is 5.19. The van der Waals surface area contributed by atoms with Crippen LogP contribution in [0.1, 0.15) is 40.0 Å². The van der Waals surface area contributed by atoms with Gasteiger partial charge >= 0.3 is 8.80 Å². The maximum Gasteiger partial charge on any atom is 0.534 e. The molecule has 0 aliphatic rings. The SMILES string of the molecule is C=C[Si](OC(CC)OC)(OC(CC)OC)OC(CC)OC. The van der Waals surface area contributed by atoms with Crippen molar-refractivity contribution >= 4 is 8.80 Å². The minimum Gasteiger partial charge on any atom is -0.357 e. The van der Waals surface area contributed by atoms with Gasteiger partial charge in [-0.25, -0.2) is 0 Å². The lowest BCUT2D eigenvalue weighted by molar-refractivity contribution is -0.171. The third kappa shape index (κ3) is 7.01. The molecule has 0 saturated carbocycles. The zero-order chi connectivity index (χ0) is 16.3. The van der Waals surface area contributed by atoms with Crippen LogP contribution in [0.5, 0.6) is 0 Å². The summed E-state index contributed by atoms with van der Waals surface area (Å²) in [4.78, 5) is 0. The number of rotatable bonds is 13. The smallest absolute Gasteiger partial charge is 0.357 e. The molecular weight excluding hydrogens is 292 g/mol. The van der Waals surface area contributed by atoms with E-state index in [0.717, 1.165) is 0 Å². The van der Waals surface area contributed by atoms with Gasteiger partial charge in [0, 0.05) is 21.3 Å². The predicted octanol–water partition coefficient (Wildman–Crippen LogP) is 2.85. The van der Waals surface area contributed by atoms with Gasteiger partial charge in [-0.05, 0) is 25.0 Å². The number of hydrogen-bond donors (Lipinski definition) is 0. The van der Waals surface area contributed by atoms with Crippen molar-refractivity contribution in [2.45, 2.75) is 58.9 Å². The Hall–Kier alpha value is -0.283. The zero-order valence-electron chi connectivity index (χ0n) is 14.1. The van der Waals surface area contributed by atoms with Gasteiger partial charge in [-0.15, -0.1) is 0 Å². The van der Waals surface area contributed by atoms with Crippen molar-refractivity contribution in [2.24, 2.45) is 0 Å². The fourth-order valence-electron chi connectivity index (χ4n) is 1.67. The summed E-state index contributed by atoms with van der Waals surface area (Å²) in [5.41, 5.74) is 1.58. The lowest BCUT2D eigenvalue weighted by Gasteiger charge is -2.34. The molecule has 0 aliphatic carbocycles. The molecule has 0 heterocycles. The minimum absolute atomic E-state index is 0.432. The fraction of sp³-hybridized carbons (Fsp3) is 0.857. The summed E-state index contributed by atoms with van der Waals surface area (Å²) in [6.07, 6.45) is 0.702. The predicted molar refractivity (Wildman–Crippen MR) is 82.5 cm³/mol. The van der Waals surface area contributed by atoms with Crippen molar-refractivity contribution in [1.29, 1.82) is 0 Å². The average Bonchev–Trinajstić information content (AvgIpc) is 2.54. The third-order valence-corrected chi connectivity index (χ3v) is 5.20. The molecular formula is C14H30O6Si. The second-order valence-electron chi connectivity index (χ2n) is 4.38. The van der Waals surface area contributed by atoms with Crippen molar-refractivity contribution < 1.29 is 27.5 Å². The van der Waals surface area contributed by atoms with Crippen molar-refractivity contribution in [3.63, 3.8) is 0 Å². The highest BCUT2D eigenvalue weighted by atomic mass is 28.4. The lowest BCUT2D eigenvalue weighted by Crippen LogP contribution is -2.52. The van der Waals surface area contributed by atoms with E-state index in [1.807, 2.05) is 20.8 Å². The minimum atomic E-state index is -3.20. The molecule has 0 fully saturated rings. The normalized spacial score (nSPS) is 18.8. The topological polar surface area (TPSA) is 55.4 Å². The van der Waals surface area contributed by atoms with E-state index in [1.165, 1.54) is 0 Å². The summed E-state index contributed by atoms with van der Waals surface area (Å²) >= 11 is 0. The van der Waals surface area contributed by atoms with Crippen LogP contribution >= 0.6 is 0 Å². The molecule has 0 bridgehead atoms. The van der Waals surface area contributed by atoms with Crippen LogP contribution in [0.15, 0.2) is 12.3 Å². The third-order valence-electron chi connectivity index (χ3n) is 2.93. The van der Waals surface area contributed by atoms with E-state index in [1.54, 1.807) is 27.0 Å². The zero-order valence-corrected chi connectivity index (χ0v) is 15.1. The van der Waals surface area contributed by atoms with Gasteiger partial charge in [0.15, 0.2) is 18.9 Å². The molecule has 0 saturated heterocycles. The quantitative estimate of drug-likeness (QED) is 0.384. The molecule has 0 aliphatic heterocycles. The average molecular weight is 322 g/mol. The van der Waals surface area contributed by atoms with E-state index < -0.39 is 27.7 Å². The van der Waals surface area contributed by atoms with Crippen LogP contribution in [0.3, 0.4) is 0 Å². The molecule has 0 aromatic heterocycles. The molecule has 0 aromatic rings. The molecule has 0 aromatic carbocycles. The molecule has 126 valence electrons. The molecule has 6 nitrogen and oxygen atoms in total. The van der Waals surface area contributed by atoms with Crippen LogP contribution in [0.4, 0.5) is 0 Å². The highest BCUT2D eigenvalue weighted by Crippen LogP contribution is 2.22. The van der Waals surface area contributed by atoms with E-state index in [2.05, 4.69) is 6.58 Å². The first-order valence-electron chi connectivity index (χ1n) is 7.29. The molecule has 21 heavy (non-hydrogen) atoms. The molecule has 0 radical (unpaired) electrons. The first kappa shape index (κ1) is 20.7. The highest BCUT2D eigenvalue weighted by Gasteiger charge is 2.45. The standard InChI is InChI=1S/C14H30O6Si/c1-8-12(15-5)18-21(11-4,19-13(9-2)16-6)20-14(10-3)17-7/h11-14H,4,8-10H2,1-3,5-7H3. The Morgan fingerprint density at radius 2 is 1.05 bits per heavy atom. The summed E-state index contributed by atoms with van der Waals surface area (Å²) in [6, 6.07) is 0. The van der Waals surface area contributed by atoms with Gasteiger partial charge in [-0.1, -0.05) is 27.4 Å². The Labute approximate surface area is 129 Å². The molecule has 7 heteroatoms. The van der Waals surface area contributed by atoms with E-state index in [4.69, 9.17) is 27.5 Å². The molecule has 0 rings (SSSR count). The molecule has 3 unspecified atom stereocenters. The summed E-state index contributed by atoms with van der Waals surface area (Å²) in [5, 5.41) is 0. The summed E-state index contributed by atoms with van der Waals surface area (Å²) in [6.45, 7) is 9.69. The second-order valence-corrected chi connectivity index (χ2v) is 6.70. The Bertz CT molecular complexity index is 228. The van der Waals surface area contributed by atoms with Gasteiger partial charge in [-0.3, -0.25) is 0 Å². The first-order valence-corrected chi connectivity index (χ1v) is 9.10. The number of methoxy groups -OCH3 is 3. The molecule has 0 spiro atoms. The van der Waals surface area contributed by atoms with Crippen LogP contribution in [-0.4, -0.2) is 49.0 Å². The second kappa shape index (κ2) is 11.3. The Morgan fingerprint density at radius 1 is 0.762 bits per heavy atom. The van der Waals surface area contributed by atoms with Crippen LogP contribution in [0, 0.1) is 0 Å². The molecule has 0 amide bonds. The van der Waals surface area contributed by atoms with Gasteiger partial charge < -0.3 is 27.5 Å². The van der Waals surface area contributed by atoms with Crippen LogP contribution < -0.4 is 0 Å². The summed E-state index contributed by atoms with van der Waals surface area (Å²) in [7, 11) is 1.55. The first-order chi connectivity index (χ1) is 10.0. The summed E-state index contributed by atoms with van der Waals surface area (Å²) < 4.78 is 33.7. The maximum atomic E-state index is 5.95. The van der Waals surface area contributed by atoms with Crippen LogP contribution in [-0.2, 0) is 27.5 Å². The van der Waals surface area contributed by atoms with Gasteiger partial charge in [-0.2, -0.15) is 0 Å². The van der Waals surface area contributed by atoms with E-state index >= 15 is 0 Å². The van der Waals surface area contributed by atoms with Crippen molar-refractivity contribution in [3.05, 3.63) is 12.3 Å². The van der Waals surface area contributed by atoms with Gasteiger partial charge in [0.25, 0.3) is 0 Å². The lowest BCUT2D eigenvalue weighted by atomic mass is 10.5. The Morgan fingerprint density at radius 3 is 1.19 bits per heavy atom. The maximum absolute atomic E-state index is 5.95. The number of hydrogen-bond acceptors (Lipinski definition) is 6. The van der Waals surface area contributed by atoms with Crippen molar-refractivity contribution in [3.8, 4) is 0 Å². The van der Waals surface area contributed by atoms with Gasteiger partial charge in [0.2, 0.25) is 0 Å². The van der Waals surface area contributed by atoms with Gasteiger partial charge in [0.05, 0.1) is 0 Å². The van der Waals surface area contributed by atoms with E-state index in [-0.39, 0.29) is 0 Å². The van der Waals surface area contributed by atoms with E-state index in [9.17, 15) is 0 Å². The number of ether oxygens (including phenoxy) is 3. The highest BCUT2D eigenvalue weighted by molar-refractivity contribution is 6.66. The monoisotopic (exact) mass is 322 g/mol.